The summed E-state index contributed by atoms with van der Waals surface area (Å²) in [7, 11) is 0. The SMILES string of the molecule is CCCCCCCCCCCCc1ccccc1.CCOC(=O)c1ccccc1. The molecule has 29 heavy (non-hydrogen) atoms. The van der Waals surface area contributed by atoms with E-state index < -0.39 is 0 Å². The number of rotatable bonds is 13. The number of carbonyl (C=O) groups is 1. The number of unbranched alkanes of at least 4 members (excludes halogenated alkanes) is 9. The molecule has 2 aromatic carbocycles. The number of aryl methyl sites for hydroxylation is 1. The first kappa shape index (κ1) is 24.9. The molecule has 0 heterocycles. The van der Waals surface area contributed by atoms with E-state index in [0.717, 1.165) is 0 Å². The zero-order valence-electron chi connectivity index (χ0n) is 18.6. The van der Waals surface area contributed by atoms with Gasteiger partial charge in [-0.2, -0.15) is 0 Å². The number of esters is 1. The zero-order valence-corrected chi connectivity index (χ0v) is 18.6. The van der Waals surface area contributed by atoms with Gasteiger partial charge in [0.25, 0.3) is 0 Å². The van der Waals surface area contributed by atoms with Crippen LogP contribution >= 0.6 is 0 Å². The second kappa shape index (κ2) is 18.0. The highest BCUT2D eigenvalue weighted by molar-refractivity contribution is 5.89. The molecule has 0 amide bonds. The van der Waals surface area contributed by atoms with Gasteiger partial charge in [-0.05, 0) is 37.5 Å². The molecule has 0 spiro atoms. The lowest BCUT2D eigenvalue weighted by Gasteiger charge is -2.03. The Hall–Kier alpha value is -2.09. The van der Waals surface area contributed by atoms with Crippen molar-refractivity contribution in [3.8, 4) is 0 Å². The van der Waals surface area contributed by atoms with Crippen LogP contribution in [-0.4, -0.2) is 12.6 Å². The molecule has 0 saturated heterocycles. The molecule has 0 aliphatic carbocycles. The third kappa shape index (κ3) is 13.7. The van der Waals surface area contributed by atoms with Crippen molar-refractivity contribution in [2.24, 2.45) is 0 Å². The quantitative estimate of drug-likeness (QED) is 0.253. The highest BCUT2D eigenvalue weighted by Gasteiger charge is 2.02. The fraction of sp³-hybridized carbons (Fsp3) is 0.519. The van der Waals surface area contributed by atoms with Crippen molar-refractivity contribution in [2.45, 2.75) is 84.5 Å². The molecule has 0 N–H and O–H groups in total. The predicted molar refractivity (Wildman–Crippen MR) is 124 cm³/mol. The lowest BCUT2D eigenvalue weighted by atomic mass is 10.0. The second-order valence-electron chi connectivity index (χ2n) is 7.50. The fourth-order valence-electron chi connectivity index (χ4n) is 3.25. The maximum Gasteiger partial charge on any atom is 0.338 e. The van der Waals surface area contributed by atoms with Gasteiger partial charge in [0.1, 0.15) is 0 Å². The highest BCUT2D eigenvalue weighted by Crippen LogP contribution is 2.12. The van der Waals surface area contributed by atoms with E-state index in [0.29, 0.717) is 12.2 Å². The molecule has 0 saturated carbocycles. The third-order valence-electron chi connectivity index (χ3n) is 4.95. The summed E-state index contributed by atoms with van der Waals surface area (Å²) in [5.74, 6) is -0.256. The van der Waals surface area contributed by atoms with Gasteiger partial charge in [-0.1, -0.05) is 113 Å². The molecule has 2 nitrogen and oxygen atoms in total. The van der Waals surface area contributed by atoms with Gasteiger partial charge >= 0.3 is 5.97 Å². The van der Waals surface area contributed by atoms with Gasteiger partial charge in [-0.25, -0.2) is 4.79 Å². The second-order valence-corrected chi connectivity index (χ2v) is 7.50. The first-order valence-electron chi connectivity index (χ1n) is 11.5. The van der Waals surface area contributed by atoms with Crippen LogP contribution in [0.15, 0.2) is 60.7 Å². The maximum absolute atomic E-state index is 11.0. The molecule has 0 aliphatic heterocycles. The molecule has 0 aromatic heterocycles. The Kier molecular flexibility index (Phi) is 15.5. The molecule has 0 bridgehead atoms. The Morgan fingerprint density at radius 2 is 1.14 bits per heavy atom. The monoisotopic (exact) mass is 396 g/mol. The molecular formula is C27H40O2. The van der Waals surface area contributed by atoms with Gasteiger partial charge in [0.2, 0.25) is 0 Å². The maximum atomic E-state index is 11.0. The minimum Gasteiger partial charge on any atom is -0.462 e. The average Bonchev–Trinajstić information content (AvgIpc) is 2.77. The minimum atomic E-state index is -0.256. The molecule has 2 rings (SSSR count). The van der Waals surface area contributed by atoms with Crippen LogP contribution in [0, 0.1) is 0 Å². The average molecular weight is 397 g/mol. The topological polar surface area (TPSA) is 26.3 Å². The summed E-state index contributed by atoms with van der Waals surface area (Å²) in [6.07, 6.45) is 15.5. The van der Waals surface area contributed by atoms with E-state index in [4.69, 9.17) is 4.74 Å². The van der Waals surface area contributed by atoms with Crippen molar-refractivity contribution < 1.29 is 9.53 Å². The Balaban J connectivity index is 0.000000326. The van der Waals surface area contributed by atoms with Crippen LogP contribution in [0.3, 0.4) is 0 Å². The normalized spacial score (nSPS) is 10.1. The van der Waals surface area contributed by atoms with Gasteiger partial charge < -0.3 is 4.74 Å². The van der Waals surface area contributed by atoms with Crippen LogP contribution in [-0.2, 0) is 11.2 Å². The summed E-state index contributed by atoms with van der Waals surface area (Å²) in [4.78, 5) is 11.0. The van der Waals surface area contributed by atoms with Gasteiger partial charge in [-0.3, -0.25) is 0 Å². The minimum absolute atomic E-state index is 0.256. The molecule has 0 radical (unpaired) electrons. The summed E-state index contributed by atoms with van der Waals surface area (Å²) in [5.41, 5.74) is 2.10. The number of benzene rings is 2. The standard InChI is InChI=1S/C18H30.C9H10O2/c1-2-3-4-5-6-7-8-9-10-12-15-18-16-13-11-14-17-18;1-2-11-9(10)8-6-4-3-5-7-8/h11,13-14,16-17H,2-10,12,15H2,1H3;3-7H,2H2,1H3. The van der Waals surface area contributed by atoms with Gasteiger partial charge in [-0.15, -0.1) is 0 Å². The van der Waals surface area contributed by atoms with E-state index in [1.807, 2.05) is 18.2 Å². The molecule has 2 heteroatoms. The smallest absolute Gasteiger partial charge is 0.338 e. The van der Waals surface area contributed by atoms with Crippen LogP contribution in [0.25, 0.3) is 0 Å². The van der Waals surface area contributed by atoms with E-state index >= 15 is 0 Å². The summed E-state index contributed by atoms with van der Waals surface area (Å²) in [5, 5.41) is 0. The van der Waals surface area contributed by atoms with E-state index in [-0.39, 0.29) is 5.97 Å². The Morgan fingerprint density at radius 1 is 0.655 bits per heavy atom. The van der Waals surface area contributed by atoms with Crippen molar-refractivity contribution in [3.05, 3.63) is 71.8 Å². The lowest BCUT2D eigenvalue weighted by Crippen LogP contribution is -2.03. The number of hydrogen-bond donors (Lipinski definition) is 0. The van der Waals surface area contributed by atoms with Crippen molar-refractivity contribution in [1.29, 1.82) is 0 Å². The van der Waals surface area contributed by atoms with Crippen molar-refractivity contribution in [3.63, 3.8) is 0 Å². The van der Waals surface area contributed by atoms with Crippen molar-refractivity contribution >= 4 is 5.97 Å². The van der Waals surface area contributed by atoms with Gasteiger partial charge in [0.05, 0.1) is 12.2 Å². The zero-order chi connectivity index (χ0) is 21.0. The van der Waals surface area contributed by atoms with Crippen molar-refractivity contribution in [1.82, 2.24) is 0 Å². The summed E-state index contributed by atoms with van der Waals surface area (Å²) in [6, 6.07) is 19.8. The summed E-state index contributed by atoms with van der Waals surface area (Å²) in [6.45, 7) is 4.50. The molecule has 0 aliphatic rings. The Labute approximate surface area is 178 Å². The van der Waals surface area contributed by atoms with Crippen LogP contribution < -0.4 is 0 Å². The third-order valence-corrected chi connectivity index (χ3v) is 4.95. The van der Waals surface area contributed by atoms with E-state index in [9.17, 15) is 4.79 Å². The van der Waals surface area contributed by atoms with Crippen LogP contribution in [0.4, 0.5) is 0 Å². The van der Waals surface area contributed by atoms with E-state index in [1.54, 1.807) is 19.1 Å². The Morgan fingerprint density at radius 3 is 1.66 bits per heavy atom. The molecule has 0 unspecified atom stereocenters. The molecular weight excluding hydrogens is 356 g/mol. The van der Waals surface area contributed by atoms with Crippen LogP contribution in [0.5, 0.6) is 0 Å². The first-order valence-corrected chi connectivity index (χ1v) is 11.5. The molecule has 0 fully saturated rings. The highest BCUT2D eigenvalue weighted by atomic mass is 16.5. The summed E-state index contributed by atoms with van der Waals surface area (Å²) >= 11 is 0. The van der Waals surface area contributed by atoms with E-state index in [1.165, 1.54) is 76.2 Å². The Bertz CT molecular complexity index is 607. The predicted octanol–water partition coefficient (Wildman–Crippen LogP) is 8.01. The van der Waals surface area contributed by atoms with Crippen LogP contribution in [0.1, 0.15) is 94.0 Å². The molecule has 2 aromatic rings. The lowest BCUT2D eigenvalue weighted by molar-refractivity contribution is 0.0526. The summed E-state index contributed by atoms with van der Waals surface area (Å²) < 4.78 is 4.79. The van der Waals surface area contributed by atoms with Gasteiger partial charge in [0.15, 0.2) is 0 Å². The number of ether oxygens (including phenoxy) is 1. The first-order chi connectivity index (χ1) is 14.3. The largest absolute Gasteiger partial charge is 0.462 e. The van der Waals surface area contributed by atoms with Crippen molar-refractivity contribution in [2.75, 3.05) is 6.61 Å². The number of hydrogen-bond acceptors (Lipinski definition) is 2. The number of carbonyl (C=O) groups excluding carboxylic acids is 1. The molecule has 160 valence electrons. The fourth-order valence-corrected chi connectivity index (χ4v) is 3.25. The molecule has 0 atom stereocenters. The van der Waals surface area contributed by atoms with Crippen LogP contribution in [0.2, 0.25) is 0 Å². The van der Waals surface area contributed by atoms with Gasteiger partial charge in [0, 0.05) is 0 Å². The van der Waals surface area contributed by atoms with E-state index in [2.05, 4.69) is 37.3 Å².